The molecule has 0 aromatic carbocycles. The van der Waals surface area contributed by atoms with Crippen molar-refractivity contribution in [2.45, 2.75) is 111 Å². The molecule has 0 radical (unpaired) electrons. The lowest BCUT2D eigenvalue weighted by Crippen LogP contribution is -2.51. The standard InChI is InChI=1S/C32H56N2O3/c1-22(2)7-6-8-23(3)27-11-12-28-26-10-9-24-21-25(37-30(36)34-18-17-33-19-20-35)13-15-31(24,4)29(26)14-16-32(27,28)5/h9,22-23,25-29,33,35H,6-8,10-21H2,1-5H3,(H,34,36)/t23-,25+,26+,27-,28+,29+,31+,32-/m1/s1. The third-order valence-electron chi connectivity index (χ3n) is 11.4. The van der Waals surface area contributed by atoms with Gasteiger partial charge in [-0.25, -0.2) is 4.79 Å². The van der Waals surface area contributed by atoms with E-state index in [4.69, 9.17) is 9.84 Å². The first kappa shape index (κ1) is 28.9. The summed E-state index contributed by atoms with van der Waals surface area (Å²) in [6.45, 7) is 14.3. The van der Waals surface area contributed by atoms with Crippen molar-refractivity contribution in [1.82, 2.24) is 10.6 Å². The predicted octanol–water partition coefficient (Wildman–Crippen LogP) is 6.70. The van der Waals surface area contributed by atoms with Crippen LogP contribution in [0.2, 0.25) is 0 Å². The summed E-state index contributed by atoms with van der Waals surface area (Å²) >= 11 is 0. The van der Waals surface area contributed by atoms with Gasteiger partial charge in [0.15, 0.2) is 0 Å². The van der Waals surface area contributed by atoms with Crippen molar-refractivity contribution >= 4 is 6.09 Å². The molecule has 0 saturated heterocycles. The zero-order chi connectivity index (χ0) is 26.6. The van der Waals surface area contributed by atoms with E-state index in [9.17, 15) is 4.79 Å². The Morgan fingerprint density at radius 2 is 1.86 bits per heavy atom. The summed E-state index contributed by atoms with van der Waals surface area (Å²) in [7, 11) is 0. The molecule has 4 aliphatic rings. The number of nitrogens with one attached hydrogen (secondary N) is 2. The Morgan fingerprint density at radius 3 is 2.62 bits per heavy atom. The predicted molar refractivity (Wildman–Crippen MR) is 151 cm³/mol. The summed E-state index contributed by atoms with van der Waals surface area (Å²) in [5.41, 5.74) is 2.39. The molecule has 0 aromatic rings. The number of alkyl carbamates (subject to hydrolysis) is 1. The monoisotopic (exact) mass is 516 g/mol. The van der Waals surface area contributed by atoms with Gasteiger partial charge in [0.25, 0.3) is 0 Å². The fourth-order valence-electron chi connectivity index (χ4n) is 9.40. The lowest BCUT2D eigenvalue weighted by molar-refractivity contribution is -0.0581. The van der Waals surface area contributed by atoms with E-state index in [1.807, 2.05) is 0 Å². The van der Waals surface area contributed by atoms with E-state index < -0.39 is 0 Å². The minimum absolute atomic E-state index is 0.00215. The van der Waals surface area contributed by atoms with Crippen LogP contribution < -0.4 is 10.6 Å². The van der Waals surface area contributed by atoms with Crippen molar-refractivity contribution in [2.75, 3.05) is 26.2 Å². The average molecular weight is 517 g/mol. The van der Waals surface area contributed by atoms with Gasteiger partial charge in [-0.15, -0.1) is 0 Å². The quantitative estimate of drug-likeness (QED) is 0.211. The average Bonchev–Trinajstić information content (AvgIpc) is 3.21. The van der Waals surface area contributed by atoms with Gasteiger partial charge in [-0.05, 0) is 91.3 Å². The van der Waals surface area contributed by atoms with E-state index in [0.29, 0.717) is 25.0 Å². The van der Waals surface area contributed by atoms with Crippen molar-refractivity contribution in [3.8, 4) is 0 Å². The Labute approximate surface area is 227 Å². The normalized spacial score (nSPS) is 37.8. The Kier molecular flexibility index (Phi) is 9.70. The molecule has 0 unspecified atom stereocenters. The fourth-order valence-corrected chi connectivity index (χ4v) is 9.40. The van der Waals surface area contributed by atoms with Gasteiger partial charge in [0.1, 0.15) is 6.10 Å². The van der Waals surface area contributed by atoms with Gasteiger partial charge in [-0.3, -0.25) is 0 Å². The van der Waals surface area contributed by atoms with Crippen molar-refractivity contribution < 1.29 is 14.6 Å². The van der Waals surface area contributed by atoms with Crippen molar-refractivity contribution in [1.29, 1.82) is 0 Å². The van der Waals surface area contributed by atoms with Crippen molar-refractivity contribution in [3.63, 3.8) is 0 Å². The molecule has 3 N–H and O–H groups in total. The molecule has 0 aliphatic heterocycles. The number of hydrogen-bond donors (Lipinski definition) is 3. The Balaban J connectivity index is 1.34. The number of aliphatic hydroxyl groups excluding tert-OH is 1. The van der Waals surface area contributed by atoms with Crippen LogP contribution in [0.4, 0.5) is 4.79 Å². The van der Waals surface area contributed by atoms with Crippen LogP contribution in [0, 0.1) is 46.3 Å². The molecular formula is C32H56N2O3. The lowest BCUT2D eigenvalue weighted by Gasteiger charge is -2.58. The summed E-state index contributed by atoms with van der Waals surface area (Å²) in [6.07, 6.45) is 16.4. The van der Waals surface area contributed by atoms with E-state index in [1.165, 1.54) is 51.4 Å². The SMILES string of the molecule is CC(C)CCC[C@@H](C)[C@H]1CC[C@H]2[C@@H]3CC=C4C[C@@H](OC(=O)NCCNCCO)CC[C@]4(C)[C@H]3CC[C@]12C. The molecule has 0 heterocycles. The Morgan fingerprint density at radius 1 is 1.05 bits per heavy atom. The van der Waals surface area contributed by atoms with Gasteiger partial charge in [-0.2, -0.15) is 0 Å². The highest BCUT2D eigenvalue weighted by Gasteiger charge is 2.59. The molecular weight excluding hydrogens is 460 g/mol. The van der Waals surface area contributed by atoms with Crippen LogP contribution in [-0.2, 0) is 4.74 Å². The molecule has 0 spiro atoms. The van der Waals surface area contributed by atoms with E-state index in [2.05, 4.69) is 51.3 Å². The minimum atomic E-state index is -0.304. The highest BCUT2D eigenvalue weighted by molar-refractivity contribution is 5.67. The first-order valence-electron chi connectivity index (χ1n) is 15.6. The molecule has 4 rings (SSSR count). The largest absolute Gasteiger partial charge is 0.446 e. The smallest absolute Gasteiger partial charge is 0.407 e. The second-order valence-electron chi connectivity index (χ2n) is 14.0. The van der Waals surface area contributed by atoms with Crippen LogP contribution in [0.3, 0.4) is 0 Å². The van der Waals surface area contributed by atoms with Crippen LogP contribution in [0.25, 0.3) is 0 Å². The second kappa shape index (κ2) is 12.4. The molecule has 3 fully saturated rings. The number of hydrogen-bond acceptors (Lipinski definition) is 4. The van der Waals surface area contributed by atoms with Crippen LogP contribution in [0.1, 0.15) is 105 Å². The fraction of sp³-hybridized carbons (Fsp3) is 0.906. The van der Waals surface area contributed by atoms with Crippen molar-refractivity contribution in [3.05, 3.63) is 11.6 Å². The maximum atomic E-state index is 12.3. The van der Waals surface area contributed by atoms with Crippen LogP contribution in [0.5, 0.6) is 0 Å². The number of amides is 1. The van der Waals surface area contributed by atoms with Crippen LogP contribution in [-0.4, -0.2) is 43.5 Å². The zero-order valence-corrected chi connectivity index (χ0v) is 24.5. The van der Waals surface area contributed by atoms with Crippen LogP contribution >= 0.6 is 0 Å². The molecule has 1 amide bonds. The molecule has 5 nitrogen and oxygen atoms in total. The highest BCUT2D eigenvalue weighted by atomic mass is 16.6. The van der Waals surface area contributed by atoms with Gasteiger partial charge in [-0.1, -0.05) is 65.5 Å². The molecule has 37 heavy (non-hydrogen) atoms. The second-order valence-corrected chi connectivity index (χ2v) is 14.0. The first-order valence-corrected chi connectivity index (χ1v) is 15.6. The Bertz CT molecular complexity index is 797. The summed E-state index contributed by atoms with van der Waals surface area (Å²) in [6, 6.07) is 0. The molecule has 5 heteroatoms. The van der Waals surface area contributed by atoms with E-state index in [0.717, 1.165) is 54.8 Å². The number of fused-ring (bicyclic) bond motifs is 5. The summed E-state index contributed by atoms with van der Waals surface area (Å²) in [5.74, 6) is 5.12. The first-order chi connectivity index (χ1) is 17.7. The van der Waals surface area contributed by atoms with Gasteiger partial charge in [0.05, 0.1) is 6.61 Å². The third-order valence-corrected chi connectivity index (χ3v) is 11.4. The van der Waals surface area contributed by atoms with Gasteiger partial charge in [0, 0.05) is 26.1 Å². The molecule has 0 aromatic heterocycles. The maximum absolute atomic E-state index is 12.3. The summed E-state index contributed by atoms with van der Waals surface area (Å²) in [5, 5.41) is 14.8. The number of ether oxygens (including phenoxy) is 1. The van der Waals surface area contributed by atoms with E-state index in [1.54, 1.807) is 5.57 Å². The summed E-state index contributed by atoms with van der Waals surface area (Å²) < 4.78 is 5.83. The van der Waals surface area contributed by atoms with E-state index >= 15 is 0 Å². The van der Waals surface area contributed by atoms with Crippen molar-refractivity contribution in [2.24, 2.45) is 46.3 Å². The van der Waals surface area contributed by atoms with Crippen LogP contribution in [0.15, 0.2) is 11.6 Å². The zero-order valence-electron chi connectivity index (χ0n) is 24.5. The Hall–Kier alpha value is -1.07. The maximum Gasteiger partial charge on any atom is 0.407 e. The molecule has 3 saturated carbocycles. The molecule has 8 atom stereocenters. The van der Waals surface area contributed by atoms with Gasteiger partial charge >= 0.3 is 6.09 Å². The summed E-state index contributed by atoms with van der Waals surface area (Å²) in [4.78, 5) is 12.3. The highest BCUT2D eigenvalue weighted by Crippen LogP contribution is 2.67. The molecule has 212 valence electrons. The van der Waals surface area contributed by atoms with Gasteiger partial charge < -0.3 is 20.5 Å². The molecule has 0 bridgehead atoms. The number of carbonyl (C=O) groups excluding carboxylic acids is 1. The minimum Gasteiger partial charge on any atom is -0.446 e. The number of rotatable bonds is 11. The lowest BCUT2D eigenvalue weighted by atomic mass is 9.47. The molecule has 4 aliphatic carbocycles. The third kappa shape index (κ3) is 6.24. The van der Waals surface area contributed by atoms with Gasteiger partial charge in [0.2, 0.25) is 0 Å². The number of carbonyl (C=O) groups is 1. The van der Waals surface area contributed by atoms with E-state index in [-0.39, 0.29) is 24.2 Å². The topological polar surface area (TPSA) is 70.6 Å². The number of allylic oxidation sites excluding steroid dienone is 1. The number of aliphatic hydroxyl groups is 1.